The highest BCUT2D eigenvalue weighted by Gasteiger charge is 2.09. The zero-order valence-corrected chi connectivity index (χ0v) is 16.3. The van der Waals surface area contributed by atoms with Crippen LogP contribution in [0.5, 0.6) is 5.75 Å². The molecule has 0 radical (unpaired) electrons. The lowest BCUT2D eigenvalue weighted by Gasteiger charge is -2.23. The first-order valence-corrected chi connectivity index (χ1v) is 7.34. The molecule has 0 amide bonds. The van der Waals surface area contributed by atoms with Crippen molar-refractivity contribution < 1.29 is 9.47 Å². The fraction of sp³-hybridized carbons (Fsp3) is 0.562. The van der Waals surface area contributed by atoms with Crippen LogP contribution < -0.4 is 10.1 Å². The van der Waals surface area contributed by atoms with Gasteiger partial charge in [0.1, 0.15) is 5.75 Å². The standard InChI is InChI=1S/C16H27N3O2.HI/c1-5-21-12-8-11-18-16(17-2)19(3)13-14-9-6-7-10-15(14)20-4;/h6-7,9-10H,5,8,11-13H2,1-4H3,(H,17,18);1H. The molecule has 0 saturated heterocycles. The fourth-order valence-corrected chi connectivity index (χ4v) is 2.07. The smallest absolute Gasteiger partial charge is 0.193 e. The molecule has 0 aliphatic rings. The Morgan fingerprint density at radius 3 is 2.68 bits per heavy atom. The van der Waals surface area contributed by atoms with Gasteiger partial charge in [0.2, 0.25) is 0 Å². The molecule has 22 heavy (non-hydrogen) atoms. The van der Waals surface area contributed by atoms with Crippen molar-refractivity contribution in [3.8, 4) is 5.75 Å². The number of benzene rings is 1. The van der Waals surface area contributed by atoms with Crippen LogP contribution in [0, 0.1) is 0 Å². The van der Waals surface area contributed by atoms with Crippen molar-refractivity contribution in [3.05, 3.63) is 29.8 Å². The van der Waals surface area contributed by atoms with Crippen molar-refractivity contribution in [3.63, 3.8) is 0 Å². The molecule has 0 aromatic heterocycles. The van der Waals surface area contributed by atoms with E-state index in [0.29, 0.717) is 0 Å². The molecule has 0 bridgehead atoms. The van der Waals surface area contributed by atoms with Crippen LogP contribution >= 0.6 is 24.0 Å². The second-order valence-corrected chi connectivity index (χ2v) is 4.69. The van der Waals surface area contributed by atoms with Crippen LogP contribution in [0.15, 0.2) is 29.3 Å². The first-order valence-electron chi connectivity index (χ1n) is 7.34. The second-order valence-electron chi connectivity index (χ2n) is 4.69. The number of ether oxygens (including phenoxy) is 2. The number of methoxy groups -OCH3 is 1. The number of hydrogen-bond acceptors (Lipinski definition) is 3. The van der Waals surface area contributed by atoms with E-state index in [1.807, 2.05) is 32.2 Å². The molecule has 0 unspecified atom stereocenters. The summed E-state index contributed by atoms with van der Waals surface area (Å²) in [6.45, 7) is 5.14. The number of rotatable bonds is 8. The average molecular weight is 421 g/mol. The van der Waals surface area contributed by atoms with Crippen molar-refractivity contribution in [2.75, 3.05) is 41.0 Å². The highest BCUT2D eigenvalue weighted by atomic mass is 127. The molecular formula is C16H28IN3O2. The lowest BCUT2D eigenvalue weighted by atomic mass is 10.2. The predicted molar refractivity (Wildman–Crippen MR) is 102 cm³/mol. The Labute approximate surface area is 151 Å². The molecule has 0 saturated carbocycles. The van der Waals surface area contributed by atoms with Crippen LogP contribution in [-0.2, 0) is 11.3 Å². The molecule has 0 fully saturated rings. The topological polar surface area (TPSA) is 46.1 Å². The lowest BCUT2D eigenvalue weighted by Crippen LogP contribution is -2.39. The Morgan fingerprint density at radius 1 is 1.32 bits per heavy atom. The highest BCUT2D eigenvalue weighted by molar-refractivity contribution is 14.0. The molecule has 126 valence electrons. The maximum absolute atomic E-state index is 5.38. The molecule has 0 aliphatic carbocycles. The SMILES string of the molecule is CCOCCCNC(=NC)N(C)Cc1ccccc1OC.I. The third-order valence-electron chi connectivity index (χ3n) is 3.13. The minimum Gasteiger partial charge on any atom is -0.496 e. The van der Waals surface area contributed by atoms with E-state index in [4.69, 9.17) is 9.47 Å². The van der Waals surface area contributed by atoms with E-state index in [0.717, 1.165) is 50.0 Å². The van der Waals surface area contributed by atoms with Gasteiger partial charge in [-0.1, -0.05) is 18.2 Å². The van der Waals surface area contributed by atoms with Crippen LogP contribution in [0.1, 0.15) is 18.9 Å². The van der Waals surface area contributed by atoms with E-state index in [1.165, 1.54) is 0 Å². The average Bonchev–Trinajstić information content (AvgIpc) is 2.51. The highest BCUT2D eigenvalue weighted by Crippen LogP contribution is 2.18. The number of aliphatic imine (C=N–C) groups is 1. The summed E-state index contributed by atoms with van der Waals surface area (Å²) in [6.07, 6.45) is 0.968. The Hall–Kier alpha value is -1.02. The van der Waals surface area contributed by atoms with Crippen molar-refractivity contribution in [1.29, 1.82) is 0 Å². The lowest BCUT2D eigenvalue weighted by molar-refractivity contribution is 0.145. The largest absolute Gasteiger partial charge is 0.496 e. The van der Waals surface area contributed by atoms with Gasteiger partial charge in [0.05, 0.1) is 7.11 Å². The summed E-state index contributed by atoms with van der Waals surface area (Å²) >= 11 is 0. The summed E-state index contributed by atoms with van der Waals surface area (Å²) in [5.74, 6) is 1.77. The van der Waals surface area contributed by atoms with Gasteiger partial charge in [-0.25, -0.2) is 0 Å². The molecule has 1 rings (SSSR count). The molecule has 0 spiro atoms. The number of hydrogen-bond donors (Lipinski definition) is 1. The van der Waals surface area contributed by atoms with E-state index in [2.05, 4.69) is 21.3 Å². The Kier molecular flexibility index (Phi) is 11.9. The third kappa shape index (κ3) is 7.31. The number of halogens is 1. The summed E-state index contributed by atoms with van der Waals surface area (Å²) < 4.78 is 10.7. The molecule has 1 aromatic rings. The van der Waals surface area contributed by atoms with E-state index >= 15 is 0 Å². The number of nitrogens with one attached hydrogen (secondary N) is 1. The number of nitrogens with zero attached hydrogens (tertiary/aromatic N) is 2. The quantitative estimate of drug-likeness (QED) is 0.304. The van der Waals surface area contributed by atoms with Gasteiger partial charge in [-0.05, 0) is 19.4 Å². The van der Waals surface area contributed by atoms with Crippen molar-refractivity contribution in [2.24, 2.45) is 4.99 Å². The zero-order valence-electron chi connectivity index (χ0n) is 14.0. The maximum Gasteiger partial charge on any atom is 0.193 e. The first kappa shape index (κ1) is 21.0. The summed E-state index contributed by atoms with van der Waals surface area (Å²) in [5.41, 5.74) is 1.14. The molecule has 0 heterocycles. The van der Waals surface area contributed by atoms with Gasteiger partial charge in [0.25, 0.3) is 0 Å². The minimum atomic E-state index is 0. The van der Waals surface area contributed by atoms with Gasteiger partial charge in [-0.3, -0.25) is 4.99 Å². The molecule has 6 heteroatoms. The Bertz CT molecular complexity index is 441. The second kappa shape index (κ2) is 12.5. The molecule has 1 aromatic carbocycles. The first-order chi connectivity index (χ1) is 10.2. The van der Waals surface area contributed by atoms with Crippen LogP contribution in [0.4, 0.5) is 0 Å². The van der Waals surface area contributed by atoms with E-state index < -0.39 is 0 Å². The Morgan fingerprint density at radius 2 is 2.05 bits per heavy atom. The van der Waals surface area contributed by atoms with Crippen LogP contribution in [0.25, 0.3) is 0 Å². The molecule has 0 atom stereocenters. The minimum absolute atomic E-state index is 0. The van der Waals surface area contributed by atoms with Gasteiger partial charge < -0.3 is 19.7 Å². The third-order valence-corrected chi connectivity index (χ3v) is 3.13. The van der Waals surface area contributed by atoms with E-state index in [9.17, 15) is 0 Å². The number of guanidine groups is 1. The molecule has 0 aliphatic heterocycles. The predicted octanol–water partition coefficient (Wildman–Crippen LogP) is 2.75. The molecule has 5 nitrogen and oxygen atoms in total. The van der Waals surface area contributed by atoms with Crippen LogP contribution in [0.3, 0.4) is 0 Å². The fourth-order valence-electron chi connectivity index (χ4n) is 2.07. The van der Waals surface area contributed by atoms with Crippen molar-refractivity contribution in [2.45, 2.75) is 19.9 Å². The van der Waals surface area contributed by atoms with Crippen molar-refractivity contribution >= 4 is 29.9 Å². The normalized spacial score (nSPS) is 10.8. The van der Waals surface area contributed by atoms with Crippen molar-refractivity contribution in [1.82, 2.24) is 10.2 Å². The van der Waals surface area contributed by atoms with Crippen LogP contribution in [-0.4, -0.2) is 51.8 Å². The monoisotopic (exact) mass is 421 g/mol. The van der Waals surface area contributed by atoms with E-state index in [1.54, 1.807) is 14.2 Å². The summed E-state index contributed by atoms with van der Waals surface area (Å²) in [4.78, 5) is 6.39. The van der Waals surface area contributed by atoms with Gasteiger partial charge in [-0.2, -0.15) is 0 Å². The summed E-state index contributed by atoms with van der Waals surface area (Å²) in [5, 5.41) is 3.34. The summed E-state index contributed by atoms with van der Waals surface area (Å²) in [6, 6.07) is 8.03. The van der Waals surface area contributed by atoms with E-state index in [-0.39, 0.29) is 24.0 Å². The van der Waals surface area contributed by atoms with Gasteiger partial charge in [0, 0.05) is 46.0 Å². The maximum atomic E-state index is 5.38. The van der Waals surface area contributed by atoms with Gasteiger partial charge >= 0.3 is 0 Å². The molecule has 1 N–H and O–H groups in total. The number of para-hydroxylation sites is 1. The van der Waals surface area contributed by atoms with Gasteiger partial charge in [-0.15, -0.1) is 24.0 Å². The van der Waals surface area contributed by atoms with Crippen LogP contribution in [0.2, 0.25) is 0 Å². The summed E-state index contributed by atoms with van der Waals surface area (Å²) in [7, 11) is 5.51. The Balaban J connectivity index is 0.00000441. The zero-order chi connectivity index (χ0) is 15.5. The van der Waals surface area contributed by atoms with Gasteiger partial charge in [0.15, 0.2) is 5.96 Å². The molecular weight excluding hydrogens is 393 g/mol.